The van der Waals surface area contributed by atoms with E-state index in [1.54, 1.807) is 6.07 Å². The van der Waals surface area contributed by atoms with Gasteiger partial charge in [-0.15, -0.1) is 10.2 Å². The van der Waals surface area contributed by atoms with E-state index in [0.29, 0.717) is 18.9 Å². The number of rotatable bonds is 6. The Labute approximate surface area is 140 Å². The first kappa shape index (κ1) is 16.4. The van der Waals surface area contributed by atoms with Gasteiger partial charge in [0, 0.05) is 26.2 Å². The number of benzene rings is 1. The molecule has 1 aromatic carbocycles. The highest BCUT2D eigenvalue weighted by molar-refractivity contribution is 5.90. The van der Waals surface area contributed by atoms with Gasteiger partial charge < -0.3 is 16.2 Å². The summed E-state index contributed by atoms with van der Waals surface area (Å²) in [5, 5.41) is 20.8. The Hall–Kier alpha value is -2.51. The molecular formula is C17H21N5O2. The number of β-amino-alcohol motifs (C(OH)–C–C–N with tert-alkyl or cyclic N) is 1. The van der Waals surface area contributed by atoms with Gasteiger partial charge in [0.2, 0.25) is 0 Å². The van der Waals surface area contributed by atoms with Crippen molar-refractivity contribution < 1.29 is 9.90 Å². The van der Waals surface area contributed by atoms with Crippen molar-refractivity contribution >= 4 is 11.7 Å². The standard InChI is InChI=1S/C17H21N5O2/c18-17(24)15-5-6-16(21-20-15)19-9-14(23)11-22-8-7-12-3-1-2-4-13(12)10-22/h1-6,14,23H,7-11H2,(H2,18,24)(H,19,21). The van der Waals surface area contributed by atoms with Gasteiger partial charge in [-0.3, -0.25) is 9.69 Å². The molecule has 0 radical (unpaired) electrons. The van der Waals surface area contributed by atoms with Crippen molar-refractivity contribution in [1.29, 1.82) is 0 Å². The second-order valence-electron chi connectivity index (χ2n) is 5.96. The van der Waals surface area contributed by atoms with E-state index in [9.17, 15) is 9.90 Å². The number of aliphatic hydroxyl groups is 1. The van der Waals surface area contributed by atoms with E-state index >= 15 is 0 Å². The Balaban J connectivity index is 1.48. The zero-order chi connectivity index (χ0) is 16.9. The Kier molecular flexibility index (Phi) is 5.02. The molecule has 1 amide bonds. The molecule has 0 spiro atoms. The normalized spacial score (nSPS) is 15.5. The number of nitrogens with zero attached hydrogens (tertiary/aromatic N) is 3. The Bertz CT molecular complexity index is 704. The van der Waals surface area contributed by atoms with Crippen LogP contribution in [0.4, 0.5) is 5.82 Å². The summed E-state index contributed by atoms with van der Waals surface area (Å²) >= 11 is 0. The minimum atomic E-state index is -0.612. The van der Waals surface area contributed by atoms with Crippen LogP contribution in [0.25, 0.3) is 0 Å². The molecule has 4 N–H and O–H groups in total. The van der Waals surface area contributed by atoms with Gasteiger partial charge >= 0.3 is 0 Å². The molecule has 1 aromatic heterocycles. The molecule has 0 aliphatic carbocycles. The van der Waals surface area contributed by atoms with E-state index in [0.717, 1.165) is 19.5 Å². The summed E-state index contributed by atoms with van der Waals surface area (Å²) in [4.78, 5) is 13.2. The monoisotopic (exact) mass is 327 g/mol. The number of amides is 1. The van der Waals surface area contributed by atoms with Crippen molar-refractivity contribution in [3.63, 3.8) is 0 Å². The molecule has 0 saturated heterocycles. The van der Waals surface area contributed by atoms with Crippen molar-refractivity contribution in [2.75, 3.05) is 25.0 Å². The molecular weight excluding hydrogens is 306 g/mol. The molecule has 0 bridgehead atoms. The fourth-order valence-electron chi connectivity index (χ4n) is 2.85. The predicted molar refractivity (Wildman–Crippen MR) is 90.5 cm³/mol. The summed E-state index contributed by atoms with van der Waals surface area (Å²) < 4.78 is 0. The molecule has 0 fully saturated rings. The molecule has 1 aliphatic rings. The summed E-state index contributed by atoms with van der Waals surface area (Å²) in [6, 6.07) is 11.6. The van der Waals surface area contributed by atoms with Gasteiger partial charge in [-0.05, 0) is 29.7 Å². The van der Waals surface area contributed by atoms with E-state index in [2.05, 4.69) is 44.7 Å². The average molecular weight is 327 g/mol. The van der Waals surface area contributed by atoms with Gasteiger partial charge in [0.1, 0.15) is 5.82 Å². The van der Waals surface area contributed by atoms with E-state index in [1.165, 1.54) is 17.2 Å². The van der Waals surface area contributed by atoms with Gasteiger partial charge in [-0.2, -0.15) is 0 Å². The molecule has 1 atom stereocenters. The summed E-state index contributed by atoms with van der Waals surface area (Å²) in [7, 11) is 0. The Morgan fingerprint density at radius 2 is 2.04 bits per heavy atom. The summed E-state index contributed by atoms with van der Waals surface area (Å²) in [5.74, 6) is -0.109. The lowest BCUT2D eigenvalue weighted by atomic mass is 10.00. The fraction of sp³-hybridized carbons (Fsp3) is 0.353. The number of nitrogens with two attached hydrogens (primary N) is 1. The summed E-state index contributed by atoms with van der Waals surface area (Å²) in [6.07, 6.45) is 0.490. The quantitative estimate of drug-likeness (QED) is 0.710. The number of hydrogen-bond acceptors (Lipinski definition) is 6. The van der Waals surface area contributed by atoms with E-state index in [4.69, 9.17) is 5.73 Å². The summed E-state index contributed by atoms with van der Waals surface area (Å²) in [5.41, 5.74) is 7.96. The molecule has 126 valence electrons. The number of hydrogen-bond donors (Lipinski definition) is 3. The molecule has 3 rings (SSSR count). The van der Waals surface area contributed by atoms with Crippen LogP contribution in [0.1, 0.15) is 21.6 Å². The second kappa shape index (κ2) is 7.37. The molecule has 1 aliphatic heterocycles. The van der Waals surface area contributed by atoms with Gasteiger partial charge in [-0.1, -0.05) is 24.3 Å². The zero-order valence-corrected chi connectivity index (χ0v) is 13.4. The van der Waals surface area contributed by atoms with Crippen LogP contribution >= 0.6 is 0 Å². The lowest BCUT2D eigenvalue weighted by Gasteiger charge is -2.30. The molecule has 24 heavy (non-hydrogen) atoms. The van der Waals surface area contributed by atoms with Crippen LogP contribution in [0.2, 0.25) is 0 Å². The number of anilines is 1. The van der Waals surface area contributed by atoms with Crippen molar-refractivity contribution in [2.24, 2.45) is 5.73 Å². The first-order valence-electron chi connectivity index (χ1n) is 7.96. The smallest absolute Gasteiger partial charge is 0.269 e. The molecule has 2 heterocycles. The van der Waals surface area contributed by atoms with Crippen LogP contribution in [0.15, 0.2) is 36.4 Å². The number of primary amides is 1. The topological polar surface area (TPSA) is 104 Å². The highest BCUT2D eigenvalue weighted by atomic mass is 16.3. The van der Waals surface area contributed by atoms with Gasteiger partial charge in [0.05, 0.1) is 6.10 Å². The number of aromatic nitrogens is 2. The van der Waals surface area contributed by atoms with Crippen molar-refractivity contribution in [3.05, 3.63) is 53.2 Å². The van der Waals surface area contributed by atoms with Crippen molar-refractivity contribution in [3.8, 4) is 0 Å². The third kappa shape index (κ3) is 4.06. The van der Waals surface area contributed by atoms with Crippen LogP contribution in [0.5, 0.6) is 0 Å². The predicted octanol–water partition coefficient (Wildman–Crippen LogP) is 0.407. The third-order valence-corrected chi connectivity index (χ3v) is 4.11. The Morgan fingerprint density at radius 1 is 1.25 bits per heavy atom. The van der Waals surface area contributed by atoms with E-state index in [1.807, 2.05) is 0 Å². The number of carbonyl (C=O) groups is 1. The molecule has 1 unspecified atom stereocenters. The van der Waals surface area contributed by atoms with Gasteiger partial charge in [0.25, 0.3) is 5.91 Å². The third-order valence-electron chi connectivity index (χ3n) is 4.11. The Morgan fingerprint density at radius 3 is 2.75 bits per heavy atom. The lowest BCUT2D eigenvalue weighted by Crippen LogP contribution is -2.39. The van der Waals surface area contributed by atoms with Gasteiger partial charge in [0.15, 0.2) is 5.69 Å². The molecule has 2 aromatic rings. The molecule has 7 heteroatoms. The summed E-state index contributed by atoms with van der Waals surface area (Å²) in [6.45, 7) is 2.76. The minimum absolute atomic E-state index is 0.119. The molecule has 7 nitrogen and oxygen atoms in total. The maximum atomic E-state index is 10.9. The molecule has 0 saturated carbocycles. The van der Waals surface area contributed by atoms with Crippen LogP contribution in [-0.4, -0.2) is 51.8 Å². The zero-order valence-electron chi connectivity index (χ0n) is 13.4. The second-order valence-corrected chi connectivity index (χ2v) is 5.96. The first-order chi connectivity index (χ1) is 11.6. The minimum Gasteiger partial charge on any atom is -0.390 e. The average Bonchev–Trinajstić information content (AvgIpc) is 2.60. The largest absolute Gasteiger partial charge is 0.390 e. The van der Waals surface area contributed by atoms with E-state index < -0.39 is 12.0 Å². The maximum Gasteiger partial charge on any atom is 0.269 e. The van der Waals surface area contributed by atoms with Crippen LogP contribution in [0, 0.1) is 0 Å². The van der Waals surface area contributed by atoms with E-state index in [-0.39, 0.29) is 5.69 Å². The highest BCUT2D eigenvalue weighted by Gasteiger charge is 2.18. The number of fused-ring (bicyclic) bond motifs is 1. The van der Waals surface area contributed by atoms with Crippen LogP contribution in [0.3, 0.4) is 0 Å². The van der Waals surface area contributed by atoms with Crippen molar-refractivity contribution in [2.45, 2.75) is 19.1 Å². The van der Waals surface area contributed by atoms with Crippen LogP contribution < -0.4 is 11.1 Å². The fourth-order valence-corrected chi connectivity index (χ4v) is 2.85. The van der Waals surface area contributed by atoms with Crippen LogP contribution in [-0.2, 0) is 13.0 Å². The van der Waals surface area contributed by atoms with Crippen molar-refractivity contribution in [1.82, 2.24) is 15.1 Å². The lowest BCUT2D eigenvalue weighted by molar-refractivity contribution is 0.0994. The SMILES string of the molecule is NC(=O)c1ccc(NCC(O)CN2CCc3ccccc3C2)nn1. The van der Waals surface area contributed by atoms with Gasteiger partial charge in [-0.25, -0.2) is 0 Å². The first-order valence-corrected chi connectivity index (χ1v) is 7.96. The maximum absolute atomic E-state index is 10.9. The number of aliphatic hydroxyl groups excluding tert-OH is 1. The highest BCUT2D eigenvalue weighted by Crippen LogP contribution is 2.18. The number of nitrogens with one attached hydrogen (secondary N) is 1. The number of carbonyl (C=O) groups excluding carboxylic acids is 1.